The van der Waals surface area contributed by atoms with Gasteiger partial charge in [0.1, 0.15) is 5.82 Å². The maximum Gasteiger partial charge on any atom is 0.247 e. The minimum Gasteiger partial charge on any atom is -0.420 e. The number of hydrogen-bond acceptors (Lipinski definition) is 7. The monoisotopic (exact) mass is 440 g/mol. The average Bonchev–Trinajstić information content (AvgIpc) is 3.36. The van der Waals surface area contributed by atoms with E-state index in [1.165, 1.54) is 11.8 Å². The molecule has 0 saturated carbocycles. The molecule has 1 N–H and O–H groups in total. The van der Waals surface area contributed by atoms with Crippen molar-refractivity contribution in [3.05, 3.63) is 71.3 Å². The first kappa shape index (κ1) is 20.1. The lowest BCUT2D eigenvalue weighted by Crippen LogP contribution is -2.17. The van der Waals surface area contributed by atoms with E-state index in [0.717, 1.165) is 5.56 Å². The van der Waals surface area contributed by atoms with Crippen LogP contribution in [0.5, 0.6) is 0 Å². The number of aromatic nitrogens is 5. The van der Waals surface area contributed by atoms with E-state index in [4.69, 9.17) is 16.0 Å². The number of halogens is 1. The molecule has 4 rings (SSSR count). The lowest BCUT2D eigenvalue weighted by molar-refractivity contribution is -0.115. The Bertz CT molecular complexity index is 1140. The average molecular weight is 441 g/mol. The van der Waals surface area contributed by atoms with Gasteiger partial charge < -0.3 is 14.3 Å². The van der Waals surface area contributed by atoms with Gasteiger partial charge in [0.15, 0.2) is 5.16 Å². The summed E-state index contributed by atoms with van der Waals surface area (Å²) in [7, 11) is 1.82. The first-order valence-corrected chi connectivity index (χ1v) is 10.4. The van der Waals surface area contributed by atoms with Gasteiger partial charge in [-0.25, -0.2) is 0 Å². The smallest absolute Gasteiger partial charge is 0.247 e. The molecule has 10 heteroatoms. The number of hydrogen-bond donors (Lipinski definition) is 1. The number of amides is 1. The van der Waals surface area contributed by atoms with Gasteiger partial charge in [0.2, 0.25) is 17.7 Å². The van der Waals surface area contributed by atoms with Crippen LogP contribution in [0.1, 0.15) is 11.7 Å². The quantitative estimate of drug-likeness (QED) is 0.434. The molecule has 1 amide bonds. The second-order valence-electron chi connectivity index (χ2n) is 6.35. The summed E-state index contributed by atoms with van der Waals surface area (Å²) >= 11 is 7.27. The molecule has 0 spiro atoms. The van der Waals surface area contributed by atoms with Gasteiger partial charge in [-0.05, 0) is 36.4 Å². The molecule has 0 radical (unpaired) electrons. The van der Waals surface area contributed by atoms with Gasteiger partial charge in [0.05, 0.1) is 12.2 Å². The fourth-order valence-corrected chi connectivity index (χ4v) is 3.54. The molecule has 2 aromatic heterocycles. The molecule has 30 heavy (non-hydrogen) atoms. The Kier molecular flexibility index (Phi) is 6.10. The molecule has 2 aromatic carbocycles. The Morgan fingerprint density at radius 2 is 1.83 bits per heavy atom. The molecule has 0 aliphatic carbocycles. The van der Waals surface area contributed by atoms with Gasteiger partial charge >= 0.3 is 0 Å². The van der Waals surface area contributed by atoms with Crippen LogP contribution in [0.4, 0.5) is 5.69 Å². The van der Waals surface area contributed by atoms with Crippen molar-refractivity contribution in [1.29, 1.82) is 0 Å². The van der Waals surface area contributed by atoms with E-state index in [1.807, 2.05) is 37.4 Å². The van der Waals surface area contributed by atoms with Crippen LogP contribution in [-0.4, -0.2) is 30.9 Å². The summed E-state index contributed by atoms with van der Waals surface area (Å²) < 4.78 is 7.48. The van der Waals surface area contributed by atoms with E-state index in [-0.39, 0.29) is 12.3 Å². The number of nitrogens with zero attached hydrogens (tertiary/aromatic N) is 5. The third kappa shape index (κ3) is 4.87. The molecule has 2 heterocycles. The number of carbonyl (C=O) groups excluding carboxylic acids is 1. The fourth-order valence-electron chi connectivity index (χ4n) is 2.64. The highest BCUT2D eigenvalue weighted by Gasteiger charge is 2.15. The molecule has 0 bridgehead atoms. The van der Waals surface area contributed by atoms with Crippen molar-refractivity contribution in [3.8, 4) is 11.5 Å². The molecular formula is C20H17ClN6O2S. The molecule has 0 saturated heterocycles. The Morgan fingerprint density at radius 3 is 2.60 bits per heavy atom. The zero-order valence-electron chi connectivity index (χ0n) is 15.9. The van der Waals surface area contributed by atoms with Gasteiger partial charge in [0, 0.05) is 23.3 Å². The number of carbonyl (C=O) groups is 1. The van der Waals surface area contributed by atoms with Crippen LogP contribution < -0.4 is 5.32 Å². The summed E-state index contributed by atoms with van der Waals surface area (Å²) in [6.45, 7) is 0. The number of thioether (sulfide) groups is 1. The molecule has 8 nitrogen and oxygen atoms in total. The normalized spacial score (nSPS) is 10.9. The summed E-state index contributed by atoms with van der Waals surface area (Å²) in [4.78, 5) is 12.3. The fraction of sp³-hybridized carbons (Fsp3) is 0.150. The van der Waals surface area contributed by atoms with E-state index < -0.39 is 0 Å². The van der Waals surface area contributed by atoms with Gasteiger partial charge in [-0.2, -0.15) is 0 Å². The van der Waals surface area contributed by atoms with Crippen molar-refractivity contribution in [2.75, 3.05) is 5.32 Å². The van der Waals surface area contributed by atoms with Crippen LogP contribution in [0.15, 0.2) is 64.2 Å². The van der Waals surface area contributed by atoms with Crippen LogP contribution in [-0.2, 0) is 24.0 Å². The van der Waals surface area contributed by atoms with E-state index in [2.05, 4.69) is 25.7 Å². The Labute approximate surface area is 181 Å². The number of benzene rings is 2. The Hall–Kier alpha value is -3.17. The highest BCUT2D eigenvalue weighted by atomic mass is 35.5. The van der Waals surface area contributed by atoms with Gasteiger partial charge in [-0.1, -0.05) is 41.6 Å². The zero-order valence-corrected chi connectivity index (χ0v) is 17.5. The zero-order chi connectivity index (χ0) is 20.9. The molecule has 0 atom stereocenters. The largest absolute Gasteiger partial charge is 0.420 e. The molecule has 0 fully saturated rings. The first-order valence-electron chi connectivity index (χ1n) is 9.03. The topological polar surface area (TPSA) is 98.7 Å². The van der Waals surface area contributed by atoms with Gasteiger partial charge in [-0.15, -0.1) is 20.4 Å². The highest BCUT2D eigenvalue weighted by Crippen LogP contribution is 2.23. The SMILES string of the molecule is Cn1c(CC(=O)Nc2ccc(Cl)cc2)nnc1SCc1nnc(-c2ccccc2)o1. The van der Waals surface area contributed by atoms with E-state index in [9.17, 15) is 4.79 Å². The summed E-state index contributed by atoms with van der Waals surface area (Å²) in [5.41, 5.74) is 1.54. The Morgan fingerprint density at radius 1 is 1.07 bits per heavy atom. The standard InChI is InChI=1S/C20H17ClN6O2S/c1-27-16(11-17(28)22-15-9-7-14(21)8-10-15)23-26-20(27)30-12-18-24-25-19(29-18)13-5-3-2-4-6-13/h2-10H,11-12H2,1H3,(H,22,28). The lowest BCUT2D eigenvalue weighted by Gasteiger charge is -2.05. The second kappa shape index (κ2) is 9.10. The lowest BCUT2D eigenvalue weighted by atomic mass is 10.2. The molecule has 0 unspecified atom stereocenters. The summed E-state index contributed by atoms with van der Waals surface area (Å²) in [5.74, 6) is 1.78. The molecule has 0 aliphatic rings. The van der Waals surface area contributed by atoms with Crippen molar-refractivity contribution in [2.24, 2.45) is 7.05 Å². The van der Waals surface area contributed by atoms with E-state index in [1.54, 1.807) is 28.8 Å². The van der Waals surface area contributed by atoms with Crippen molar-refractivity contribution >= 4 is 35.0 Å². The van der Waals surface area contributed by atoms with Crippen molar-refractivity contribution < 1.29 is 9.21 Å². The van der Waals surface area contributed by atoms with E-state index >= 15 is 0 Å². The third-order valence-corrected chi connectivity index (χ3v) is 5.44. The highest BCUT2D eigenvalue weighted by molar-refractivity contribution is 7.98. The first-order chi connectivity index (χ1) is 14.6. The molecular weight excluding hydrogens is 424 g/mol. The van der Waals surface area contributed by atoms with E-state index in [0.29, 0.717) is 39.2 Å². The number of rotatable bonds is 7. The van der Waals surface area contributed by atoms with Gasteiger partial charge in [0.25, 0.3) is 0 Å². The minimum atomic E-state index is -0.186. The van der Waals surface area contributed by atoms with Crippen LogP contribution in [0.3, 0.4) is 0 Å². The third-order valence-electron chi connectivity index (χ3n) is 4.18. The molecule has 0 aliphatic heterocycles. The molecule has 4 aromatic rings. The minimum absolute atomic E-state index is 0.103. The van der Waals surface area contributed by atoms with Crippen LogP contribution in [0, 0.1) is 0 Å². The van der Waals surface area contributed by atoms with Crippen molar-refractivity contribution in [1.82, 2.24) is 25.0 Å². The van der Waals surface area contributed by atoms with Crippen LogP contribution in [0.2, 0.25) is 5.02 Å². The van der Waals surface area contributed by atoms with Crippen molar-refractivity contribution in [3.63, 3.8) is 0 Å². The van der Waals surface area contributed by atoms with Gasteiger partial charge in [-0.3, -0.25) is 4.79 Å². The summed E-state index contributed by atoms with van der Waals surface area (Å²) in [5, 5.41) is 20.5. The number of anilines is 1. The maximum absolute atomic E-state index is 12.3. The van der Waals surface area contributed by atoms with Crippen LogP contribution in [0.25, 0.3) is 11.5 Å². The maximum atomic E-state index is 12.3. The molecule has 152 valence electrons. The second-order valence-corrected chi connectivity index (χ2v) is 7.72. The number of nitrogens with one attached hydrogen (secondary N) is 1. The van der Waals surface area contributed by atoms with Crippen molar-refractivity contribution in [2.45, 2.75) is 17.3 Å². The predicted octanol–water partition coefficient (Wildman–Crippen LogP) is 3.99. The predicted molar refractivity (Wildman–Crippen MR) is 114 cm³/mol. The summed E-state index contributed by atoms with van der Waals surface area (Å²) in [6.07, 6.45) is 0.103. The van der Waals surface area contributed by atoms with Crippen LogP contribution >= 0.6 is 23.4 Å². The Balaban J connectivity index is 1.35. The summed E-state index contributed by atoms with van der Waals surface area (Å²) in [6, 6.07) is 16.5.